The molecule has 106 valence electrons. The Bertz CT molecular complexity index is 742. The summed E-state index contributed by atoms with van der Waals surface area (Å²) in [5.74, 6) is 0.0108. The van der Waals surface area contributed by atoms with Crippen LogP contribution in [0.5, 0.6) is 0 Å². The molecule has 0 spiro atoms. The molecule has 0 atom stereocenters. The number of carbonyl (C=O) groups excluding carboxylic acids is 1. The molecule has 2 aromatic carbocycles. The Morgan fingerprint density at radius 2 is 1.81 bits per heavy atom. The fourth-order valence-corrected chi connectivity index (χ4v) is 2.95. The van der Waals surface area contributed by atoms with Crippen LogP contribution in [0.25, 0.3) is 20.8 Å². The van der Waals surface area contributed by atoms with E-state index in [1.165, 1.54) is 4.70 Å². The zero-order valence-corrected chi connectivity index (χ0v) is 12.8. The molecule has 21 heavy (non-hydrogen) atoms. The lowest BCUT2D eigenvalue weighted by molar-refractivity contribution is -0.118. The molecular weight excluding hydrogens is 280 g/mol. The second-order valence-electron chi connectivity index (χ2n) is 5.21. The first-order valence-corrected chi connectivity index (χ1v) is 7.72. The number of thiazole rings is 1. The van der Waals surface area contributed by atoms with Gasteiger partial charge in [-0.1, -0.05) is 26.0 Å². The van der Waals surface area contributed by atoms with Gasteiger partial charge in [-0.05, 0) is 36.4 Å². The van der Waals surface area contributed by atoms with E-state index in [0.717, 1.165) is 21.8 Å². The summed E-state index contributed by atoms with van der Waals surface area (Å²) in [5.41, 5.74) is 2.91. The quantitative estimate of drug-likeness (QED) is 0.770. The Kier molecular flexibility index (Phi) is 3.71. The molecule has 1 aromatic heterocycles. The smallest absolute Gasteiger partial charge is 0.226 e. The molecular formula is C17H16N2OS. The van der Waals surface area contributed by atoms with Crippen LogP contribution in [0.4, 0.5) is 5.69 Å². The van der Waals surface area contributed by atoms with Crippen LogP contribution in [-0.4, -0.2) is 10.9 Å². The van der Waals surface area contributed by atoms with Gasteiger partial charge < -0.3 is 5.32 Å². The van der Waals surface area contributed by atoms with Crippen molar-refractivity contribution in [2.24, 2.45) is 5.92 Å². The van der Waals surface area contributed by atoms with Gasteiger partial charge in [-0.3, -0.25) is 4.79 Å². The van der Waals surface area contributed by atoms with Gasteiger partial charge in [0.15, 0.2) is 0 Å². The summed E-state index contributed by atoms with van der Waals surface area (Å²) in [6, 6.07) is 15.9. The number of carbonyl (C=O) groups is 1. The van der Waals surface area contributed by atoms with Crippen LogP contribution >= 0.6 is 11.3 Å². The largest absolute Gasteiger partial charge is 0.326 e. The maximum Gasteiger partial charge on any atom is 0.226 e. The number of hydrogen-bond acceptors (Lipinski definition) is 3. The molecule has 3 nitrogen and oxygen atoms in total. The number of nitrogens with zero attached hydrogens (tertiary/aromatic N) is 1. The first kappa shape index (κ1) is 13.8. The summed E-state index contributed by atoms with van der Waals surface area (Å²) in [4.78, 5) is 16.3. The van der Waals surface area contributed by atoms with Crippen molar-refractivity contribution in [1.29, 1.82) is 0 Å². The molecule has 0 aliphatic carbocycles. The van der Waals surface area contributed by atoms with E-state index in [1.54, 1.807) is 11.3 Å². The molecule has 1 heterocycles. The van der Waals surface area contributed by atoms with Gasteiger partial charge in [0.05, 0.1) is 10.2 Å². The van der Waals surface area contributed by atoms with E-state index in [0.29, 0.717) is 0 Å². The maximum atomic E-state index is 11.7. The van der Waals surface area contributed by atoms with E-state index in [4.69, 9.17) is 0 Å². The van der Waals surface area contributed by atoms with Crippen molar-refractivity contribution in [1.82, 2.24) is 4.98 Å². The van der Waals surface area contributed by atoms with Crippen molar-refractivity contribution < 1.29 is 4.79 Å². The Morgan fingerprint density at radius 1 is 1.10 bits per heavy atom. The minimum atomic E-state index is -0.0195. The third-order valence-corrected chi connectivity index (χ3v) is 4.30. The number of anilines is 1. The molecule has 3 aromatic rings. The lowest BCUT2D eigenvalue weighted by Crippen LogP contribution is -2.17. The van der Waals surface area contributed by atoms with Gasteiger partial charge in [-0.15, -0.1) is 11.3 Å². The van der Waals surface area contributed by atoms with Crippen molar-refractivity contribution in [2.75, 3.05) is 5.32 Å². The molecule has 3 rings (SSSR count). The van der Waals surface area contributed by atoms with Gasteiger partial charge in [0.1, 0.15) is 5.01 Å². The summed E-state index contributed by atoms with van der Waals surface area (Å²) in [7, 11) is 0. The highest BCUT2D eigenvalue weighted by Crippen LogP contribution is 2.30. The number of hydrogen-bond donors (Lipinski definition) is 1. The highest BCUT2D eigenvalue weighted by molar-refractivity contribution is 7.21. The normalized spacial score (nSPS) is 11.0. The van der Waals surface area contributed by atoms with E-state index in [9.17, 15) is 4.79 Å². The Labute approximate surface area is 127 Å². The van der Waals surface area contributed by atoms with Crippen LogP contribution in [0.2, 0.25) is 0 Å². The van der Waals surface area contributed by atoms with Gasteiger partial charge in [-0.25, -0.2) is 4.98 Å². The van der Waals surface area contributed by atoms with Crippen LogP contribution in [0.1, 0.15) is 13.8 Å². The maximum absolute atomic E-state index is 11.7. The first-order chi connectivity index (χ1) is 10.1. The van der Waals surface area contributed by atoms with Gasteiger partial charge >= 0.3 is 0 Å². The number of aromatic nitrogens is 1. The summed E-state index contributed by atoms with van der Waals surface area (Å²) in [5, 5.41) is 3.89. The van der Waals surface area contributed by atoms with Crippen LogP contribution < -0.4 is 5.32 Å². The van der Waals surface area contributed by atoms with Crippen LogP contribution in [0.15, 0.2) is 48.5 Å². The molecule has 0 fully saturated rings. The van der Waals surface area contributed by atoms with Gasteiger partial charge in [0, 0.05) is 17.2 Å². The zero-order chi connectivity index (χ0) is 14.8. The van der Waals surface area contributed by atoms with Crippen molar-refractivity contribution in [3.8, 4) is 10.6 Å². The molecule has 0 aliphatic rings. The van der Waals surface area contributed by atoms with Crippen molar-refractivity contribution in [2.45, 2.75) is 13.8 Å². The minimum Gasteiger partial charge on any atom is -0.326 e. The van der Waals surface area contributed by atoms with Crippen molar-refractivity contribution in [3.05, 3.63) is 48.5 Å². The number of para-hydroxylation sites is 1. The highest BCUT2D eigenvalue weighted by atomic mass is 32.1. The van der Waals surface area contributed by atoms with Crippen LogP contribution in [0.3, 0.4) is 0 Å². The van der Waals surface area contributed by atoms with E-state index in [2.05, 4.69) is 16.4 Å². The Morgan fingerprint density at radius 3 is 2.48 bits per heavy atom. The lowest BCUT2D eigenvalue weighted by Gasteiger charge is -2.07. The number of rotatable bonds is 3. The second kappa shape index (κ2) is 5.66. The molecule has 0 saturated heterocycles. The van der Waals surface area contributed by atoms with E-state index in [-0.39, 0.29) is 11.8 Å². The van der Waals surface area contributed by atoms with E-state index < -0.39 is 0 Å². The van der Waals surface area contributed by atoms with Crippen molar-refractivity contribution in [3.63, 3.8) is 0 Å². The fourth-order valence-electron chi connectivity index (χ4n) is 1.98. The summed E-state index contributed by atoms with van der Waals surface area (Å²) in [6.45, 7) is 3.76. The third kappa shape index (κ3) is 2.95. The van der Waals surface area contributed by atoms with Gasteiger partial charge in [0.25, 0.3) is 0 Å². The highest BCUT2D eigenvalue weighted by Gasteiger charge is 2.08. The fraction of sp³-hybridized carbons (Fsp3) is 0.176. The second-order valence-corrected chi connectivity index (χ2v) is 6.24. The standard InChI is InChI=1S/C17H16N2OS/c1-11(2)16(20)18-13-9-7-12(8-10-13)17-19-14-5-3-4-6-15(14)21-17/h3-11H,1-2H3,(H,18,20). The van der Waals surface area contributed by atoms with Gasteiger partial charge in [-0.2, -0.15) is 0 Å². The Balaban J connectivity index is 1.85. The van der Waals surface area contributed by atoms with Crippen LogP contribution in [0, 0.1) is 5.92 Å². The first-order valence-electron chi connectivity index (χ1n) is 6.90. The molecule has 0 saturated carbocycles. The van der Waals surface area contributed by atoms with E-state index >= 15 is 0 Å². The number of fused-ring (bicyclic) bond motifs is 1. The molecule has 0 radical (unpaired) electrons. The topological polar surface area (TPSA) is 42.0 Å². The zero-order valence-electron chi connectivity index (χ0n) is 12.0. The predicted molar refractivity (Wildman–Crippen MR) is 88.5 cm³/mol. The lowest BCUT2D eigenvalue weighted by atomic mass is 10.2. The molecule has 0 bridgehead atoms. The monoisotopic (exact) mass is 296 g/mol. The summed E-state index contributed by atoms with van der Waals surface area (Å²) >= 11 is 1.68. The molecule has 0 unspecified atom stereocenters. The average Bonchev–Trinajstić information content (AvgIpc) is 2.91. The number of nitrogens with one attached hydrogen (secondary N) is 1. The summed E-state index contributed by atoms with van der Waals surface area (Å²) < 4.78 is 1.18. The molecule has 4 heteroatoms. The predicted octanol–water partition coefficient (Wildman–Crippen LogP) is 4.56. The number of amides is 1. The SMILES string of the molecule is CC(C)C(=O)Nc1ccc(-c2nc3ccccc3s2)cc1. The van der Waals surface area contributed by atoms with Gasteiger partial charge in [0.2, 0.25) is 5.91 Å². The van der Waals surface area contributed by atoms with E-state index in [1.807, 2.05) is 56.3 Å². The van der Waals surface area contributed by atoms with Crippen LogP contribution in [-0.2, 0) is 4.79 Å². The number of benzene rings is 2. The van der Waals surface area contributed by atoms with Crippen molar-refractivity contribution >= 4 is 33.1 Å². The molecule has 1 N–H and O–H groups in total. The Hall–Kier alpha value is -2.20. The summed E-state index contributed by atoms with van der Waals surface area (Å²) in [6.07, 6.45) is 0. The third-order valence-electron chi connectivity index (χ3n) is 3.22. The average molecular weight is 296 g/mol. The molecule has 1 amide bonds. The molecule has 0 aliphatic heterocycles. The minimum absolute atomic E-state index is 0.0195.